The zero-order valence-corrected chi connectivity index (χ0v) is 13.4. The maximum atomic E-state index is 12.4. The van der Waals surface area contributed by atoms with Crippen LogP contribution in [0.1, 0.15) is 29.6 Å². The van der Waals surface area contributed by atoms with Crippen LogP contribution >= 0.6 is 0 Å². The second kappa shape index (κ2) is 6.20. The Morgan fingerprint density at radius 2 is 2.00 bits per heavy atom. The number of esters is 2. The molecule has 0 amide bonds. The quantitative estimate of drug-likeness (QED) is 0.671. The summed E-state index contributed by atoms with van der Waals surface area (Å²) in [6.07, 6.45) is 2.10. The van der Waals surface area contributed by atoms with Gasteiger partial charge in [-0.25, -0.2) is 4.79 Å². The molecule has 2 bridgehead atoms. The lowest BCUT2D eigenvalue weighted by molar-refractivity contribution is -0.156. The fourth-order valence-electron chi connectivity index (χ4n) is 3.87. The predicted octanol–water partition coefficient (Wildman–Crippen LogP) is 1.45. The van der Waals surface area contributed by atoms with E-state index in [-0.39, 0.29) is 12.0 Å². The van der Waals surface area contributed by atoms with Crippen molar-refractivity contribution in [3.63, 3.8) is 0 Å². The molecule has 0 spiro atoms. The Kier molecular flexibility index (Phi) is 4.26. The van der Waals surface area contributed by atoms with Crippen molar-refractivity contribution in [1.82, 2.24) is 4.90 Å². The van der Waals surface area contributed by atoms with E-state index in [1.54, 1.807) is 24.3 Å². The highest BCUT2D eigenvalue weighted by atomic mass is 16.6. The average Bonchev–Trinajstić information content (AvgIpc) is 2.78. The number of anilines is 1. The molecule has 2 aliphatic rings. The van der Waals surface area contributed by atoms with Crippen LogP contribution in [0.25, 0.3) is 0 Å². The molecule has 124 valence electrons. The minimum atomic E-state index is -0.481. The third kappa shape index (κ3) is 2.79. The number of piperidine rings is 1. The molecule has 1 aromatic rings. The van der Waals surface area contributed by atoms with Gasteiger partial charge < -0.3 is 15.2 Å². The number of hydrogen-bond donors (Lipinski definition) is 1. The average molecular weight is 318 g/mol. The summed E-state index contributed by atoms with van der Waals surface area (Å²) in [6.45, 7) is 0. The van der Waals surface area contributed by atoms with Gasteiger partial charge in [-0.15, -0.1) is 0 Å². The van der Waals surface area contributed by atoms with E-state index in [4.69, 9.17) is 15.2 Å². The summed E-state index contributed by atoms with van der Waals surface area (Å²) in [5, 5.41) is 0. The predicted molar refractivity (Wildman–Crippen MR) is 84.8 cm³/mol. The number of hydrogen-bond acceptors (Lipinski definition) is 6. The van der Waals surface area contributed by atoms with Crippen LogP contribution in [-0.4, -0.2) is 49.2 Å². The first-order valence-electron chi connectivity index (χ1n) is 7.88. The van der Waals surface area contributed by atoms with Crippen LogP contribution in [0.15, 0.2) is 24.3 Å². The number of carbonyl (C=O) groups excluding carboxylic acids is 2. The molecule has 2 fully saturated rings. The van der Waals surface area contributed by atoms with Crippen molar-refractivity contribution < 1.29 is 19.1 Å². The smallest absolute Gasteiger partial charge is 0.340 e. The molecule has 23 heavy (non-hydrogen) atoms. The van der Waals surface area contributed by atoms with Crippen molar-refractivity contribution in [3.05, 3.63) is 29.8 Å². The lowest BCUT2D eigenvalue weighted by Crippen LogP contribution is -2.53. The topological polar surface area (TPSA) is 81.9 Å². The van der Waals surface area contributed by atoms with E-state index in [0.29, 0.717) is 23.7 Å². The molecular formula is C17H22N2O4. The Bertz CT molecular complexity index is 618. The van der Waals surface area contributed by atoms with Gasteiger partial charge in [-0.1, -0.05) is 12.1 Å². The van der Waals surface area contributed by atoms with E-state index in [9.17, 15) is 9.59 Å². The molecule has 2 aliphatic heterocycles. The summed E-state index contributed by atoms with van der Waals surface area (Å²) >= 11 is 0. The van der Waals surface area contributed by atoms with Crippen LogP contribution in [0.4, 0.5) is 5.69 Å². The highest BCUT2D eigenvalue weighted by Crippen LogP contribution is 2.40. The number of rotatable bonds is 3. The second-order valence-electron chi connectivity index (χ2n) is 6.28. The van der Waals surface area contributed by atoms with Gasteiger partial charge in [0.2, 0.25) is 0 Å². The summed E-state index contributed by atoms with van der Waals surface area (Å²) < 4.78 is 10.6. The van der Waals surface area contributed by atoms with Crippen molar-refractivity contribution in [2.24, 2.45) is 5.92 Å². The molecular weight excluding hydrogens is 296 g/mol. The molecule has 0 unspecified atom stereocenters. The standard InChI is InChI=1S/C17H22N2O4/c1-19-10-7-8-13(19)15(17(21)22-2)14(9-10)23-16(20)11-5-3-4-6-12(11)18/h3-6,10,13-15H,7-9,18H2,1-2H3/t10-,13+,14-,15+/m0/s1. The zero-order chi connectivity index (χ0) is 16.6. The summed E-state index contributed by atoms with van der Waals surface area (Å²) in [7, 11) is 3.39. The first-order valence-corrected chi connectivity index (χ1v) is 7.88. The van der Waals surface area contributed by atoms with E-state index in [1.807, 2.05) is 7.05 Å². The first kappa shape index (κ1) is 15.8. The van der Waals surface area contributed by atoms with Crippen molar-refractivity contribution >= 4 is 17.6 Å². The summed E-state index contributed by atoms with van der Waals surface area (Å²) in [5.41, 5.74) is 6.55. The Morgan fingerprint density at radius 1 is 1.26 bits per heavy atom. The number of nitrogen functional groups attached to an aromatic ring is 1. The number of benzene rings is 1. The molecule has 4 atom stereocenters. The van der Waals surface area contributed by atoms with E-state index >= 15 is 0 Å². The van der Waals surface area contributed by atoms with E-state index in [2.05, 4.69) is 4.90 Å². The minimum Gasteiger partial charge on any atom is -0.469 e. The van der Waals surface area contributed by atoms with Gasteiger partial charge in [0.25, 0.3) is 0 Å². The van der Waals surface area contributed by atoms with Crippen LogP contribution in [0.5, 0.6) is 0 Å². The van der Waals surface area contributed by atoms with Crippen molar-refractivity contribution in [1.29, 1.82) is 0 Å². The Labute approximate surface area is 135 Å². The highest BCUT2D eigenvalue weighted by Gasteiger charge is 2.51. The van der Waals surface area contributed by atoms with Crippen molar-refractivity contribution in [2.75, 3.05) is 19.9 Å². The number of para-hydroxylation sites is 1. The number of fused-ring (bicyclic) bond motifs is 2. The maximum absolute atomic E-state index is 12.4. The lowest BCUT2D eigenvalue weighted by Gasteiger charge is -2.40. The summed E-state index contributed by atoms with van der Waals surface area (Å²) in [5.74, 6) is -1.25. The second-order valence-corrected chi connectivity index (χ2v) is 6.28. The van der Waals surface area contributed by atoms with Crippen LogP contribution in [0, 0.1) is 5.92 Å². The Balaban J connectivity index is 1.81. The molecule has 0 aliphatic carbocycles. The number of nitrogens with two attached hydrogens (primary N) is 1. The highest BCUT2D eigenvalue weighted by molar-refractivity contribution is 5.95. The molecule has 2 heterocycles. The van der Waals surface area contributed by atoms with Gasteiger partial charge in [0.15, 0.2) is 0 Å². The molecule has 0 radical (unpaired) electrons. The van der Waals surface area contributed by atoms with Crippen molar-refractivity contribution in [3.8, 4) is 0 Å². The summed E-state index contributed by atoms with van der Waals surface area (Å²) in [4.78, 5) is 26.9. The SMILES string of the molecule is COC(=O)[C@H]1[C@@H](OC(=O)c2ccccc2N)C[C@@H]2CC[C@H]1N2C. The molecule has 2 saturated heterocycles. The molecule has 3 rings (SSSR count). The lowest BCUT2D eigenvalue weighted by atomic mass is 9.87. The van der Waals surface area contributed by atoms with Gasteiger partial charge in [0.1, 0.15) is 12.0 Å². The molecule has 2 N–H and O–H groups in total. The minimum absolute atomic E-state index is 0.0621. The zero-order valence-electron chi connectivity index (χ0n) is 13.4. The van der Waals surface area contributed by atoms with Crippen LogP contribution < -0.4 is 5.73 Å². The number of methoxy groups -OCH3 is 1. The molecule has 0 saturated carbocycles. The molecule has 6 nitrogen and oxygen atoms in total. The summed E-state index contributed by atoms with van der Waals surface area (Å²) in [6, 6.07) is 7.20. The van der Waals surface area contributed by atoms with Gasteiger partial charge in [0, 0.05) is 24.2 Å². The van der Waals surface area contributed by atoms with Crippen LogP contribution in [0.3, 0.4) is 0 Å². The van der Waals surface area contributed by atoms with Gasteiger partial charge in [-0.05, 0) is 32.0 Å². The third-order valence-corrected chi connectivity index (χ3v) is 5.13. The van der Waals surface area contributed by atoms with Gasteiger partial charge in [-0.2, -0.15) is 0 Å². The number of carbonyl (C=O) groups is 2. The monoisotopic (exact) mass is 318 g/mol. The molecule has 6 heteroatoms. The maximum Gasteiger partial charge on any atom is 0.340 e. The largest absolute Gasteiger partial charge is 0.469 e. The van der Waals surface area contributed by atoms with Crippen molar-refractivity contribution in [2.45, 2.75) is 37.5 Å². The van der Waals surface area contributed by atoms with E-state index in [0.717, 1.165) is 12.8 Å². The molecule has 0 aromatic heterocycles. The fraction of sp³-hybridized carbons (Fsp3) is 0.529. The fourth-order valence-corrected chi connectivity index (χ4v) is 3.87. The molecule has 1 aromatic carbocycles. The van der Waals surface area contributed by atoms with Gasteiger partial charge in [-0.3, -0.25) is 9.69 Å². The number of nitrogens with zero attached hydrogens (tertiary/aromatic N) is 1. The first-order chi connectivity index (χ1) is 11.0. The van der Waals surface area contributed by atoms with Crippen LogP contribution in [0.2, 0.25) is 0 Å². The third-order valence-electron chi connectivity index (χ3n) is 5.13. The van der Waals surface area contributed by atoms with Gasteiger partial charge >= 0.3 is 11.9 Å². The van der Waals surface area contributed by atoms with E-state index < -0.39 is 18.0 Å². The van der Waals surface area contributed by atoms with E-state index in [1.165, 1.54) is 7.11 Å². The Hall–Kier alpha value is -2.08. The normalized spacial score (nSPS) is 30.0. The number of ether oxygens (including phenoxy) is 2. The van der Waals surface area contributed by atoms with Crippen LogP contribution in [-0.2, 0) is 14.3 Å². The van der Waals surface area contributed by atoms with Gasteiger partial charge in [0.05, 0.1) is 12.7 Å². The Morgan fingerprint density at radius 3 is 2.70 bits per heavy atom.